The van der Waals surface area contributed by atoms with Gasteiger partial charge in [0.1, 0.15) is 0 Å². The average molecular weight is 414 g/mol. The Morgan fingerprint density at radius 3 is 2.38 bits per heavy atom. The Hall–Kier alpha value is -2.80. The Bertz CT molecular complexity index is 1100. The van der Waals surface area contributed by atoms with Crippen LogP contribution in [0.4, 0.5) is 4.79 Å². The topological polar surface area (TPSA) is 71.4 Å². The second kappa shape index (κ2) is 8.69. The number of hydrogen-bond acceptors (Lipinski definition) is 3. The molecule has 1 aromatic heterocycles. The minimum absolute atomic E-state index is 0.0820. The predicted octanol–water partition coefficient (Wildman–Crippen LogP) is 3.78. The maximum atomic E-state index is 13.1. The fraction of sp³-hybridized carbons (Fsp3) is 0.318. The summed E-state index contributed by atoms with van der Waals surface area (Å²) in [7, 11) is -3.67. The zero-order valence-corrected chi connectivity index (χ0v) is 17.9. The predicted molar refractivity (Wildman–Crippen MR) is 116 cm³/mol. The number of urea groups is 1. The molecular formula is C22H27N3O3S. The lowest BCUT2D eigenvalue weighted by Gasteiger charge is -2.19. The van der Waals surface area contributed by atoms with Gasteiger partial charge < -0.3 is 10.2 Å². The van der Waals surface area contributed by atoms with Crippen LogP contribution < -0.4 is 5.32 Å². The number of aromatic nitrogens is 1. The molecule has 2 aromatic carbocycles. The van der Waals surface area contributed by atoms with Crippen molar-refractivity contribution in [2.75, 3.05) is 19.6 Å². The summed E-state index contributed by atoms with van der Waals surface area (Å²) in [6.45, 7) is 7.63. The van der Waals surface area contributed by atoms with Crippen LogP contribution in [0.1, 0.15) is 25.0 Å². The van der Waals surface area contributed by atoms with Crippen molar-refractivity contribution in [3.8, 4) is 0 Å². The highest BCUT2D eigenvalue weighted by molar-refractivity contribution is 7.90. The van der Waals surface area contributed by atoms with E-state index in [1.54, 1.807) is 41.4 Å². The van der Waals surface area contributed by atoms with Gasteiger partial charge in [0.2, 0.25) is 0 Å². The van der Waals surface area contributed by atoms with Gasteiger partial charge in [-0.05, 0) is 57.0 Å². The van der Waals surface area contributed by atoms with E-state index in [1.165, 1.54) is 3.97 Å². The molecule has 0 aliphatic rings. The van der Waals surface area contributed by atoms with Gasteiger partial charge in [-0.3, -0.25) is 0 Å². The van der Waals surface area contributed by atoms with E-state index < -0.39 is 10.0 Å². The number of hydrogen-bond donors (Lipinski definition) is 1. The number of carbonyl (C=O) groups is 1. The molecule has 1 N–H and O–H groups in total. The number of nitrogens with zero attached hydrogens (tertiary/aromatic N) is 2. The molecule has 3 rings (SSSR count). The molecule has 6 nitrogen and oxygen atoms in total. The fourth-order valence-corrected chi connectivity index (χ4v) is 4.62. The quantitative estimate of drug-likeness (QED) is 0.641. The van der Waals surface area contributed by atoms with E-state index in [9.17, 15) is 13.2 Å². The van der Waals surface area contributed by atoms with Gasteiger partial charge in [-0.2, -0.15) is 0 Å². The molecule has 0 radical (unpaired) electrons. The summed E-state index contributed by atoms with van der Waals surface area (Å²) >= 11 is 0. The van der Waals surface area contributed by atoms with Crippen LogP contribution in [0.5, 0.6) is 0 Å². The number of fused-ring (bicyclic) bond motifs is 1. The summed E-state index contributed by atoms with van der Waals surface area (Å²) in [5.74, 6) is 0. The van der Waals surface area contributed by atoms with Gasteiger partial charge in [0, 0.05) is 31.2 Å². The SMILES string of the molecule is CCN(CC)C(=O)NCCc1ccc2ccn(S(=O)(=O)c3ccc(C)cc3)c2c1. The van der Waals surface area contributed by atoms with Crippen LogP contribution in [0.15, 0.2) is 59.6 Å². The fourth-order valence-electron chi connectivity index (χ4n) is 3.27. The molecule has 0 spiro atoms. The number of aryl methyl sites for hydroxylation is 1. The van der Waals surface area contributed by atoms with Crippen LogP contribution in [-0.4, -0.2) is 43.0 Å². The number of amides is 2. The second-order valence-electron chi connectivity index (χ2n) is 6.98. The van der Waals surface area contributed by atoms with Gasteiger partial charge in [0.05, 0.1) is 10.4 Å². The number of benzene rings is 2. The molecule has 1 heterocycles. The molecule has 0 aliphatic heterocycles. The maximum absolute atomic E-state index is 13.1. The number of rotatable bonds is 7. The molecule has 0 fully saturated rings. The van der Waals surface area contributed by atoms with Crippen molar-refractivity contribution in [2.24, 2.45) is 0 Å². The van der Waals surface area contributed by atoms with Gasteiger partial charge in [0.15, 0.2) is 0 Å². The summed E-state index contributed by atoms with van der Waals surface area (Å²) in [5.41, 5.74) is 2.62. The first-order valence-electron chi connectivity index (χ1n) is 9.81. The summed E-state index contributed by atoms with van der Waals surface area (Å²) in [4.78, 5) is 14.1. The number of nitrogens with one attached hydrogen (secondary N) is 1. The summed E-state index contributed by atoms with van der Waals surface area (Å²) in [5, 5.41) is 3.77. The molecule has 0 atom stereocenters. The van der Waals surface area contributed by atoms with E-state index in [2.05, 4.69) is 5.32 Å². The van der Waals surface area contributed by atoms with Crippen LogP contribution >= 0.6 is 0 Å². The zero-order chi connectivity index (χ0) is 21.0. The van der Waals surface area contributed by atoms with Gasteiger partial charge in [0.25, 0.3) is 10.0 Å². The third-order valence-corrected chi connectivity index (χ3v) is 6.74. The van der Waals surface area contributed by atoms with Gasteiger partial charge in [-0.15, -0.1) is 0 Å². The van der Waals surface area contributed by atoms with Gasteiger partial charge in [-0.1, -0.05) is 29.8 Å². The third-order valence-electron chi connectivity index (χ3n) is 5.04. The smallest absolute Gasteiger partial charge is 0.317 e. The monoisotopic (exact) mass is 413 g/mol. The molecule has 2 amide bonds. The highest BCUT2D eigenvalue weighted by Gasteiger charge is 2.19. The normalized spacial score (nSPS) is 11.6. The Morgan fingerprint density at radius 2 is 1.72 bits per heavy atom. The van der Waals surface area contributed by atoms with Crippen molar-refractivity contribution < 1.29 is 13.2 Å². The van der Waals surface area contributed by atoms with Crippen molar-refractivity contribution in [3.05, 3.63) is 65.9 Å². The molecule has 0 unspecified atom stereocenters. The van der Waals surface area contributed by atoms with Crippen molar-refractivity contribution in [3.63, 3.8) is 0 Å². The van der Waals surface area contributed by atoms with Crippen molar-refractivity contribution >= 4 is 27.0 Å². The van der Waals surface area contributed by atoms with Crippen molar-refractivity contribution in [2.45, 2.75) is 32.1 Å². The molecular weight excluding hydrogens is 386 g/mol. The summed E-state index contributed by atoms with van der Waals surface area (Å²) < 4.78 is 27.5. The molecule has 0 aliphatic carbocycles. The maximum Gasteiger partial charge on any atom is 0.317 e. The first kappa shape index (κ1) is 20.9. The lowest BCUT2D eigenvalue weighted by Crippen LogP contribution is -2.40. The van der Waals surface area contributed by atoms with E-state index in [0.29, 0.717) is 31.6 Å². The Labute approximate surface area is 172 Å². The molecule has 0 saturated carbocycles. The lowest BCUT2D eigenvalue weighted by molar-refractivity contribution is 0.203. The van der Waals surface area contributed by atoms with Crippen LogP contribution in [-0.2, 0) is 16.4 Å². The van der Waals surface area contributed by atoms with Crippen LogP contribution in [0.25, 0.3) is 10.9 Å². The first-order chi connectivity index (χ1) is 13.9. The van der Waals surface area contributed by atoms with Crippen molar-refractivity contribution in [1.82, 2.24) is 14.2 Å². The Morgan fingerprint density at radius 1 is 1.03 bits per heavy atom. The van der Waals surface area contributed by atoms with E-state index in [0.717, 1.165) is 16.5 Å². The second-order valence-corrected chi connectivity index (χ2v) is 8.79. The Kier molecular flexibility index (Phi) is 6.27. The third kappa shape index (κ3) is 4.45. The van der Waals surface area contributed by atoms with Crippen LogP contribution in [0.2, 0.25) is 0 Å². The van der Waals surface area contributed by atoms with Crippen molar-refractivity contribution in [1.29, 1.82) is 0 Å². The van der Waals surface area contributed by atoms with E-state index in [-0.39, 0.29) is 10.9 Å². The molecule has 7 heteroatoms. The highest BCUT2D eigenvalue weighted by atomic mass is 32.2. The first-order valence-corrected chi connectivity index (χ1v) is 11.3. The van der Waals surface area contributed by atoms with Gasteiger partial charge >= 0.3 is 6.03 Å². The van der Waals surface area contributed by atoms with Crippen LogP contribution in [0, 0.1) is 6.92 Å². The number of carbonyl (C=O) groups excluding carboxylic acids is 1. The van der Waals surface area contributed by atoms with Gasteiger partial charge in [-0.25, -0.2) is 17.2 Å². The summed E-state index contributed by atoms with van der Waals surface area (Å²) in [6.07, 6.45) is 2.21. The zero-order valence-electron chi connectivity index (χ0n) is 17.1. The molecule has 0 saturated heterocycles. The lowest BCUT2D eigenvalue weighted by atomic mass is 10.1. The van der Waals surface area contributed by atoms with E-state index in [4.69, 9.17) is 0 Å². The molecule has 154 valence electrons. The largest absolute Gasteiger partial charge is 0.338 e. The minimum atomic E-state index is -3.67. The standard InChI is InChI=1S/C22H27N3O3S/c1-4-24(5-2)22(26)23-14-12-18-8-9-19-13-15-25(21(19)16-18)29(27,28)20-10-6-17(3)7-11-20/h6-11,13,15-16H,4-5,12,14H2,1-3H3,(H,23,26). The van der Waals surface area contributed by atoms with E-state index in [1.807, 2.05) is 39.0 Å². The molecule has 3 aromatic rings. The van der Waals surface area contributed by atoms with Crippen LogP contribution in [0.3, 0.4) is 0 Å². The minimum Gasteiger partial charge on any atom is -0.338 e. The Balaban J connectivity index is 1.81. The average Bonchev–Trinajstić information content (AvgIpc) is 3.13. The summed E-state index contributed by atoms with van der Waals surface area (Å²) in [6, 6.07) is 14.3. The van der Waals surface area contributed by atoms with E-state index >= 15 is 0 Å². The highest BCUT2D eigenvalue weighted by Crippen LogP contribution is 2.23. The molecule has 29 heavy (non-hydrogen) atoms. The molecule has 0 bridgehead atoms.